The van der Waals surface area contributed by atoms with Crippen molar-refractivity contribution in [3.05, 3.63) is 36.4 Å². The van der Waals surface area contributed by atoms with Gasteiger partial charge in [0.25, 0.3) is 0 Å². The molecule has 1 heterocycles. The van der Waals surface area contributed by atoms with Crippen LogP contribution in [0.15, 0.2) is 36.4 Å². The Hall–Kier alpha value is -2.10. The van der Waals surface area contributed by atoms with Gasteiger partial charge in [-0.2, -0.15) is 0 Å². The van der Waals surface area contributed by atoms with Gasteiger partial charge in [-0.05, 0) is 30.7 Å². The number of aromatic nitrogens is 2. The summed E-state index contributed by atoms with van der Waals surface area (Å²) in [4.78, 5) is 0. The average Bonchev–Trinajstić information content (AvgIpc) is 2.45. The van der Waals surface area contributed by atoms with Crippen LogP contribution in [0.1, 0.15) is 13.3 Å². The first kappa shape index (κ1) is 12.4. The zero-order chi connectivity index (χ0) is 12.8. The Bertz CT molecular complexity index is 497. The molecule has 94 valence electrons. The lowest BCUT2D eigenvalue weighted by Gasteiger charge is -2.07. The molecule has 18 heavy (non-hydrogen) atoms. The van der Waals surface area contributed by atoms with Crippen molar-refractivity contribution in [3.63, 3.8) is 0 Å². The van der Waals surface area contributed by atoms with E-state index < -0.39 is 0 Å². The minimum absolute atomic E-state index is 0.801. The molecule has 0 aliphatic carbocycles. The monoisotopic (exact) mass is 243 g/mol. The second-order valence-corrected chi connectivity index (χ2v) is 3.93. The smallest absolute Gasteiger partial charge is 0.148 e. The quantitative estimate of drug-likeness (QED) is 0.877. The van der Waals surface area contributed by atoms with E-state index in [4.69, 9.17) is 4.74 Å². The zero-order valence-electron chi connectivity index (χ0n) is 10.7. The van der Waals surface area contributed by atoms with E-state index in [0.29, 0.717) is 0 Å². The standard InChI is InChI=1S/C14H17N3O/c1-3-10-15-14-9-8-12(16-17-14)11-6-4-5-7-13(11)18-2/h4-9H,3,10H2,1-2H3,(H,15,17). The Morgan fingerprint density at radius 1 is 1.11 bits per heavy atom. The second kappa shape index (κ2) is 6.00. The van der Waals surface area contributed by atoms with Gasteiger partial charge in [0, 0.05) is 12.1 Å². The summed E-state index contributed by atoms with van der Waals surface area (Å²) in [5.41, 5.74) is 1.77. The highest BCUT2D eigenvalue weighted by molar-refractivity contribution is 5.67. The molecule has 0 unspecified atom stereocenters. The summed E-state index contributed by atoms with van der Waals surface area (Å²) < 4.78 is 5.31. The Kier molecular flexibility index (Phi) is 4.12. The normalized spacial score (nSPS) is 10.1. The number of nitrogens with zero attached hydrogens (tertiary/aromatic N) is 2. The van der Waals surface area contributed by atoms with Crippen LogP contribution in [0.5, 0.6) is 5.75 Å². The molecule has 0 spiro atoms. The molecule has 0 aliphatic heterocycles. The van der Waals surface area contributed by atoms with Gasteiger partial charge in [-0.3, -0.25) is 0 Å². The molecule has 1 N–H and O–H groups in total. The predicted molar refractivity (Wildman–Crippen MR) is 72.8 cm³/mol. The van der Waals surface area contributed by atoms with Crippen LogP contribution in [-0.4, -0.2) is 23.9 Å². The van der Waals surface area contributed by atoms with Crippen LogP contribution in [0, 0.1) is 0 Å². The van der Waals surface area contributed by atoms with Crippen molar-refractivity contribution < 1.29 is 4.74 Å². The third kappa shape index (κ3) is 2.77. The van der Waals surface area contributed by atoms with Gasteiger partial charge in [0.1, 0.15) is 11.6 Å². The summed E-state index contributed by atoms with van der Waals surface area (Å²) in [5.74, 6) is 1.61. The predicted octanol–water partition coefficient (Wildman–Crippen LogP) is 2.97. The van der Waals surface area contributed by atoms with Gasteiger partial charge in [-0.15, -0.1) is 10.2 Å². The van der Waals surface area contributed by atoms with Crippen molar-refractivity contribution in [1.29, 1.82) is 0 Å². The second-order valence-electron chi connectivity index (χ2n) is 3.93. The maximum Gasteiger partial charge on any atom is 0.148 e. The van der Waals surface area contributed by atoms with Crippen LogP contribution in [0.25, 0.3) is 11.3 Å². The Balaban J connectivity index is 2.23. The average molecular weight is 243 g/mol. The Labute approximate surface area is 107 Å². The van der Waals surface area contributed by atoms with Crippen LogP contribution in [-0.2, 0) is 0 Å². The van der Waals surface area contributed by atoms with Crippen molar-refractivity contribution in [2.75, 3.05) is 19.0 Å². The van der Waals surface area contributed by atoms with Crippen molar-refractivity contribution in [1.82, 2.24) is 10.2 Å². The van der Waals surface area contributed by atoms with E-state index in [-0.39, 0.29) is 0 Å². The van der Waals surface area contributed by atoms with Crippen LogP contribution < -0.4 is 10.1 Å². The molecule has 1 aromatic heterocycles. The van der Waals surface area contributed by atoms with Crippen molar-refractivity contribution in [3.8, 4) is 17.0 Å². The van der Waals surface area contributed by atoms with Gasteiger partial charge in [-0.1, -0.05) is 19.1 Å². The van der Waals surface area contributed by atoms with Crippen LogP contribution >= 0.6 is 0 Å². The number of nitrogens with one attached hydrogen (secondary N) is 1. The Morgan fingerprint density at radius 3 is 2.61 bits per heavy atom. The minimum atomic E-state index is 0.801. The van der Waals surface area contributed by atoms with Crippen molar-refractivity contribution in [2.45, 2.75) is 13.3 Å². The number of hydrogen-bond donors (Lipinski definition) is 1. The molecule has 4 heteroatoms. The third-order valence-electron chi connectivity index (χ3n) is 2.60. The zero-order valence-corrected chi connectivity index (χ0v) is 10.7. The van der Waals surface area contributed by atoms with Gasteiger partial charge in [0.2, 0.25) is 0 Å². The highest BCUT2D eigenvalue weighted by atomic mass is 16.5. The molecular weight excluding hydrogens is 226 g/mol. The number of rotatable bonds is 5. The molecule has 1 aromatic carbocycles. The van der Waals surface area contributed by atoms with Crippen LogP contribution in [0.3, 0.4) is 0 Å². The first-order valence-corrected chi connectivity index (χ1v) is 6.06. The lowest BCUT2D eigenvalue weighted by atomic mass is 10.1. The summed E-state index contributed by atoms with van der Waals surface area (Å²) in [6.45, 7) is 3.02. The summed E-state index contributed by atoms with van der Waals surface area (Å²) in [5, 5.41) is 11.6. The number of methoxy groups -OCH3 is 1. The lowest BCUT2D eigenvalue weighted by molar-refractivity contribution is 0.416. The molecule has 0 radical (unpaired) electrons. The highest BCUT2D eigenvalue weighted by Gasteiger charge is 2.06. The molecule has 0 fully saturated rings. The van der Waals surface area contributed by atoms with E-state index in [1.165, 1.54) is 0 Å². The first-order valence-electron chi connectivity index (χ1n) is 6.06. The lowest BCUT2D eigenvalue weighted by Crippen LogP contribution is -2.03. The first-order chi connectivity index (χ1) is 8.85. The van der Waals surface area contributed by atoms with E-state index in [1.807, 2.05) is 36.4 Å². The van der Waals surface area contributed by atoms with Crippen LogP contribution in [0.2, 0.25) is 0 Å². The Morgan fingerprint density at radius 2 is 1.94 bits per heavy atom. The van der Waals surface area contributed by atoms with Gasteiger partial charge in [0.05, 0.1) is 12.8 Å². The summed E-state index contributed by atoms with van der Waals surface area (Å²) in [6.07, 6.45) is 1.07. The number of anilines is 1. The SMILES string of the molecule is CCCNc1ccc(-c2ccccc2OC)nn1. The molecule has 0 saturated heterocycles. The van der Waals surface area contributed by atoms with Gasteiger partial charge in [0.15, 0.2) is 0 Å². The van der Waals surface area contributed by atoms with Gasteiger partial charge in [-0.25, -0.2) is 0 Å². The number of para-hydroxylation sites is 1. The van der Waals surface area contributed by atoms with E-state index in [9.17, 15) is 0 Å². The van der Waals surface area contributed by atoms with E-state index in [1.54, 1.807) is 7.11 Å². The highest BCUT2D eigenvalue weighted by Crippen LogP contribution is 2.27. The summed E-state index contributed by atoms with van der Waals surface area (Å²) >= 11 is 0. The number of benzene rings is 1. The number of ether oxygens (including phenoxy) is 1. The molecule has 2 rings (SSSR count). The molecule has 0 amide bonds. The molecular formula is C14H17N3O. The fourth-order valence-corrected chi connectivity index (χ4v) is 1.68. The summed E-state index contributed by atoms with van der Waals surface area (Å²) in [7, 11) is 1.66. The van der Waals surface area contributed by atoms with E-state index >= 15 is 0 Å². The number of hydrogen-bond acceptors (Lipinski definition) is 4. The van der Waals surface area contributed by atoms with Crippen molar-refractivity contribution >= 4 is 5.82 Å². The molecule has 0 saturated carbocycles. The molecule has 0 atom stereocenters. The third-order valence-corrected chi connectivity index (χ3v) is 2.60. The van der Waals surface area contributed by atoms with Crippen molar-refractivity contribution in [2.24, 2.45) is 0 Å². The molecule has 0 bridgehead atoms. The maximum absolute atomic E-state index is 5.31. The maximum atomic E-state index is 5.31. The fourth-order valence-electron chi connectivity index (χ4n) is 1.68. The van der Waals surface area contributed by atoms with Gasteiger partial charge >= 0.3 is 0 Å². The fraction of sp³-hybridized carbons (Fsp3) is 0.286. The van der Waals surface area contributed by atoms with E-state index in [0.717, 1.165) is 35.8 Å². The molecule has 0 aliphatic rings. The minimum Gasteiger partial charge on any atom is -0.496 e. The van der Waals surface area contributed by atoms with Gasteiger partial charge < -0.3 is 10.1 Å². The van der Waals surface area contributed by atoms with Crippen LogP contribution in [0.4, 0.5) is 5.82 Å². The summed E-state index contributed by atoms with van der Waals surface area (Å²) in [6, 6.07) is 11.7. The molecule has 4 nitrogen and oxygen atoms in total. The molecule has 2 aromatic rings. The largest absolute Gasteiger partial charge is 0.496 e. The van der Waals surface area contributed by atoms with E-state index in [2.05, 4.69) is 22.4 Å². The topological polar surface area (TPSA) is 47.0 Å².